The zero-order chi connectivity index (χ0) is 12.1. The monoisotopic (exact) mass is 230 g/mol. The Morgan fingerprint density at radius 2 is 1.88 bits per heavy atom. The number of aryl methyl sites for hydroxylation is 1. The van der Waals surface area contributed by atoms with E-state index >= 15 is 0 Å². The molecule has 2 nitrogen and oxygen atoms in total. The van der Waals surface area contributed by atoms with Crippen LogP contribution in [0, 0.1) is 11.6 Å². The summed E-state index contributed by atoms with van der Waals surface area (Å²) in [4.78, 5) is 0. The fraction of sp³-hybridized carbons (Fsp3) is 0.500. The summed E-state index contributed by atoms with van der Waals surface area (Å²) in [7, 11) is 0. The second-order valence-corrected chi connectivity index (χ2v) is 3.82. The minimum Gasteiger partial charge on any atom is -0.390 e. The molecule has 0 bridgehead atoms. The summed E-state index contributed by atoms with van der Waals surface area (Å²) in [5.74, 6) is -0.985. The van der Waals surface area contributed by atoms with E-state index in [1.807, 2.05) is 0 Å². The van der Waals surface area contributed by atoms with E-state index in [9.17, 15) is 19.0 Å². The lowest BCUT2D eigenvalue weighted by Crippen LogP contribution is -2.25. The predicted molar refractivity (Wildman–Crippen MR) is 57.0 cm³/mol. The van der Waals surface area contributed by atoms with Crippen LogP contribution in [0.4, 0.5) is 8.78 Å². The maximum Gasteiger partial charge on any atom is 0.126 e. The van der Waals surface area contributed by atoms with E-state index in [0.29, 0.717) is 6.42 Å². The number of hydrogen-bond donors (Lipinski definition) is 2. The average molecular weight is 230 g/mol. The van der Waals surface area contributed by atoms with Crippen LogP contribution in [0.15, 0.2) is 18.2 Å². The van der Waals surface area contributed by atoms with Crippen molar-refractivity contribution in [2.75, 3.05) is 0 Å². The van der Waals surface area contributed by atoms with Gasteiger partial charge < -0.3 is 10.2 Å². The van der Waals surface area contributed by atoms with E-state index in [2.05, 4.69) is 0 Å². The summed E-state index contributed by atoms with van der Waals surface area (Å²) in [6.07, 6.45) is -0.839. The molecule has 0 radical (unpaired) electrons. The zero-order valence-electron chi connectivity index (χ0n) is 9.16. The third-order valence-corrected chi connectivity index (χ3v) is 2.58. The maximum atomic E-state index is 13.2. The van der Waals surface area contributed by atoms with Crippen molar-refractivity contribution >= 4 is 0 Å². The molecule has 0 aromatic heterocycles. The zero-order valence-corrected chi connectivity index (χ0v) is 9.16. The van der Waals surface area contributed by atoms with Crippen molar-refractivity contribution in [1.29, 1.82) is 0 Å². The van der Waals surface area contributed by atoms with E-state index in [4.69, 9.17) is 0 Å². The molecule has 2 N–H and O–H groups in total. The van der Waals surface area contributed by atoms with Gasteiger partial charge in [0.15, 0.2) is 0 Å². The Balaban J connectivity index is 2.57. The van der Waals surface area contributed by atoms with Crippen molar-refractivity contribution < 1.29 is 19.0 Å². The lowest BCUT2D eigenvalue weighted by atomic mass is 10.0. The summed E-state index contributed by atoms with van der Waals surface area (Å²) in [6.45, 7) is 1.75. The highest BCUT2D eigenvalue weighted by molar-refractivity contribution is 5.18. The molecule has 0 spiro atoms. The van der Waals surface area contributed by atoms with Gasteiger partial charge in [-0.3, -0.25) is 0 Å². The number of rotatable bonds is 5. The second-order valence-electron chi connectivity index (χ2n) is 3.82. The molecule has 0 aliphatic heterocycles. The highest BCUT2D eigenvalue weighted by Crippen LogP contribution is 2.14. The first kappa shape index (κ1) is 13.1. The molecular formula is C12H16F2O2. The topological polar surface area (TPSA) is 40.5 Å². The first-order chi connectivity index (χ1) is 7.54. The Hall–Kier alpha value is -1.00. The molecule has 2 unspecified atom stereocenters. The van der Waals surface area contributed by atoms with Crippen LogP contribution in [0.5, 0.6) is 0 Å². The molecule has 0 aliphatic rings. The first-order valence-electron chi connectivity index (χ1n) is 5.34. The summed E-state index contributed by atoms with van der Waals surface area (Å²) >= 11 is 0. The van der Waals surface area contributed by atoms with Gasteiger partial charge >= 0.3 is 0 Å². The van der Waals surface area contributed by atoms with Gasteiger partial charge in [-0.15, -0.1) is 0 Å². The van der Waals surface area contributed by atoms with E-state index in [0.717, 1.165) is 18.2 Å². The van der Waals surface area contributed by atoms with Crippen LogP contribution in [0.1, 0.15) is 25.3 Å². The van der Waals surface area contributed by atoms with Crippen LogP contribution >= 0.6 is 0 Å². The van der Waals surface area contributed by atoms with Crippen molar-refractivity contribution in [3.05, 3.63) is 35.4 Å². The maximum absolute atomic E-state index is 13.2. The summed E-state index contributed by atoms with van der Waals surface area (Å²) < 4.78 is 26.0. The summed E-state index contributed by atoms with van der Waals surface area (Å²) in [5, 5.41) is 18.8. The van der Waals surface area contributed by atoms with Gasteiger partial charge in [-0.05, 0) is 43.0 Å². The highest BCUT2D eigenvalue weighted by Gasteiger charge is 2.15. The van der Waals surface area contributed by atoms with Gasteiger partial charge in [0.05, 0.1) is 12.2 Å². The number of hydrogen-bond acceptors (Lipinski definition) is 2. The van der Waals surface area contributed by atoms with Gasteiger partial charge in [-0.1, -0.05) is 6.92 Å². The fourth-order valence-electron chi connectivity index (χ4n) is 1.50. The third kappa shape index (κ3) is 3.54. The Morgan fingerprint density at radius 3 is 2.50 bits per heavy atom. The molecule has 1 aromatic rings. The minimum atomic E-state index is -0.896. The molecule has 0 amide bonds. The van der Waals surface area contributed by atoms with E-state index in [-0.39, 0.29) is 18.4 Å². The van der Waals surface area contributed by atoms with Crippen molar-refractivity contribution in [1.82, 2.24) is 0 Å². The van der Waals surface area contributed by atoms with Crippen molar-refractivity contribution in [3.8, 4) is 0 Å². The number of halogens is 2. The minimum absolute atomic E-state index is 0.210. The average Bonchev–Trinajstić information content (AvgIpc) is 2.28. The SMILES string of the molecule is CCC(O)C(O)CCc1cc(F)ccc1F. The standard InChI is InChI=1S/C12H16F2O2/c1-2-11(15)12(16)6-3-8-7-9(13)4-5-10(8)14/h4-5,7,11-12,15-16H,2-3,6H2,1H3. The van der Waals surface area contributed by atoms with Gasteiger partial charge in [0.1, 0.15) is 11.6 Å². The van der Waals surface area contributed by atoms with E-state index < -0.39 is 23.8 Å². The molecule has 16 heavy (non-hydrogen) atoms. The highest BCUT2D eigenvalue weighted by atomic mass is 19.1. The smallest absolute Gasteiger partial charge is 0.126 e. The fourth-order valence-corrected chi connectivity index (χ4v) is 1.50. The van der Waals surface area contributed by atoms with Crippen LogP contribution in [-0.2, 0) is 6.42 Å². The lowest BCUT2D eigenvalue weighted by Gasteiger charge is -2.15. The van der Waals surface area contributed by atoms with Crippen molar-refractivity contribution in [2.24, 2.45) is 0 Å². The van der Waals surface area contributed by atoms with Crippen LogP contribution in [-0.4, -0.2) is 22.4 Å². The molecule has 0 aliphatic carbocycles. The van der Waals surface area contributed by atoms with Crippen LogP contribution in [0.3, 0.4) is 0 Å². The van der Waals surface area contributed by atoms with Crippen molar-refractivity contribution in [3.63, 3.8) is 0 Å². The van der Waals surface area contributed by atoms with E-state index in [1.165, 1.54) is 0 Å². The lowest BCUT2D eigenvalue weighted by molar-refractivity contribution is 0.0129. The Morgan fingerprint density at radius 1 is 1.19 bits per heavy atom. The first-order valence-corrected chi connectivity index (χ1v) is 5.34. The molecule has 1 rings (SSSR count). The number of aliphatic hydroxyl groups is 2. The normalized spacial score (nSPS) is 14.8. The van der Waals surface area contributed by atoms with Gasteiger partial charge in [0, 0.05) is 0 Å². The molecular weight excluding hydrogens is 214 g/mol. The largest absolute Gasteiger partial charge is 0.390 e. The van der Waals surface area contributed by atoms with Crippen molar-refractivity contribution in [2.45, 2.75) is 38.4 Å². The molecule has 0 fully saturated rings. The van der Waals surface area contributed by atoms with E-state index in [1.54, 1.807) is 6.92 Å². The molecule has 1 aromatic carbocycles. The molecule has 4 heteroatoms. The van der Waals surface area contributed by atoms with Gasteiger partial charge in [-0.2, -0.15) is 0 Å². The van der Waals surface area contributed by atoms with Gasteiger partial charge in [0.2, 0.25) is 0 Å². The quantitative estimate of drug-likeness (QED) is 0.812. The number of aliphatic hydroxyl groups excluding tert-OH is 2. The number of benzene rings is 1. The van der Waals surface area contributed by atoms with Crippen LogP contribution < -0.4 is 0 Å². The van der Waals surface area contributed by atoms with Crippen LogP contribution in [0.25, 0.3) is 0 Å². The Bertz CT molecular complexity index is 342. The Labute approximate surface area is 93.5 Å². The Kier molecular flexibility index (Phi) is 4.83. The summed E-state index contributed by atoms with van der Waals surface area (Å²) in [6, 6.07) is 3.23. The summed E-state index contributed by atoms with van der Waals surface area (Å²) in [5.41, 5.74) is 0.224. The predicted octanol–water partition coefficient (Wildman–Crippen LogP) is 2.03. The van der Waals surface area contributed by atoms with Gasteiger partial charge in [-0.25, -0.2) is 8.78 Å². The molecule has 90 valence electrons. The molecule has 0 heterocycles. The van der Waals surface area contributed by atoms with Gasteiger partial charge in [0.25, 0.3) is 0 Å². The second kappa shape index (κ2) is 5.92. The van der Waals surface area contributed by atoms with Crippen LogP contribution in [0.2, 0.25) is 0 Å². The molecule has 0 saturated carbocycles. The molecule has 0 saturated heterocycles. The molecule has 2 atom stereocenters. The third-order valence-electron chi connectivity index (χ3n) is 2.58.